The van der Waals surface area contributed by atoms with Crippen LogP contribution in [0.25, 0.3) is 6.08 Å². The van der Waals surface area contributed by atoms with Gasteiger partial charge in [0.25, 0.3) is 0 Å². The quantitative estimate of drug-likeness (QED) is 0.516. The Morgan fingerprint density at radius 1 is 1.26 bits per heavy atom. The maximum atomic E-state index is 11.6. The van der Waals surface area contributed by atoms with Crippen molar-refractivity contribution in [2.45, 2.75) is 12.8 Å². The zero-order valence-corrected chi connectivity index (χ0v) is 10.8. The summed E-state index contributed by atoms with van der Waals surface area (Å²) < 4.78 is 0. The number of amides is 1. The number of rotatable bonds is 7. The van der Waals surface area contributed by atoms with Gasteiger partial charge in [0.15, 0.2) is 0 Å². The van der Waals surface area contributed by atoms with E-state index in [1.807, 2.05) is 7.05 Å². The van der Waals surface area contributed by atoms with Gasteiger partial charge in [-0.3, -0.25) is 4.79 Å². The molecule has 0 aliphatic rings. The van der Waals surface area contributed by atoms with Crippen molar-refractivity contribution in [1.82, 2.24) is 5.32 Å². The highest BCUT2D eigenvalue weighted by atomic mass is 16.4. The number of aliphatic carboxylic acids is 1. The Morgan fingerprint density at radius 3 is 2.53 bits per heavy atom. The lowest BCUT2D eigenvalue weighted by Crippen LogP contribution is -2.15. The van der Waals surface area contributed by atoms with Crippen LogP contribution in [0.5, 0.6) is 0 Å². The first-order valence-electron chi connectivity index (χ1n) is 6.07. The normalized spacial score (nSPS) is 10.6. The van der Waals surface area contributed by atoms with Crippen molar-refractivity contribution in [3.05, 3.63) is 35.9 Å². The Labute approximate surface area is 112 Å². The molecule has 0 aliphatic carbocycles. The summed E-state index contributed by atoms with van der Waals surface area (Å²) in [6, 6.07) is 7.00. The Balaban J connectivity index is 2.47. The Kier molecular flexibility index (Phi) is 6.32. The number of carboxylic acids is 1. The smallest absolute Gasteiger partial charge is 0.328 e. The summed E-state index contributed by atoms with van der Waals surface area (Å²) in [4.78, 5) is 21.9. The Morgan fingerprint density at radius 2 is 1.95 bits per heavy atom. The molecule has 0 radical (unpaired) electrons. The largest absolute Gasteiger partial charge is 0.478 e. The third-order valence-corrected chi connectivity index (χ3v) is 2.44. The first-order valence-corrected chi connectivity index (χ1v) is 6.07. The molecule has 5 heteroatoms. The zero-order valence-electron chi connectivity index (χ0n) is 10.8. The van der Waals surface area contributed by atoms with Crippen molar-refractivity contribution in [2.24, 2.45) is 0 Å². The summed E-state index contributed by atoms with van der Waals surface area (Å²) in [7, 11) is 1.85. The highest BCUT2D eigenvalue weighted by Crippen LogP contribution is 2.11. The maximum Gasteiger partial charge on any atom is 0.328 e. The van der Waals surface area contributed by atoms with Gasteiger partial charge >= 0.3 is 5.97 Å². The number of hydrogen-bond donors (Lipinski definition) is 3. The van der Waals surface area contributed by atoms with Gasteiger partial charge in [0.2, 0.25) is 5.91 Å². The number of hydrogen-bond acceptors (Lipinski definition) is 3. The number of benzene rings is 1. The van der Waals surface area contributed by atoms with Crippen molar-refractivity contribution in [2.75, 3.05) is 18.9 Å². The predicted octanol–water partition coefficient (Wildman–Crippen LogP) is 1.72. The summed E-state index contributed by atoms with van der Waals surface area (Å²) in [6.45, 7) is 0.812. The van der Waals surface area contributed by atoms with E-state index in [1.54, 1.807) is 24.3 Å². The van der Waals surface area contributed by atoms with Gasteiger partial charge in [0.1, 0.15) is 0 Å². The van der Waals surface area contributed by atoms with Crippen LogP contribution in [0.3, 0.4) is 0 Å². The molecule has 1 amide bonds. The van der Waals surface area contributed by atoms with Gasteiger partial charge in [0, 0.05) is 18.2 Å². The zero-order chi connectivity index (χ0) is 14.1. The van der Waals surface area contributed by atoms with Crippen LogP contribution in [0.15, 0.2) is 30.3 Å². The van der Waals surface area contributed by atoms with Gasteiger partial charge in [-0.2, -0.15) is 0 Å². The van der Waals surface area contributed by atoms with Gasteiger partial charge in [-0.1, -0.05) is 12.1 Å². The summed E-state index contributed by atoms with van der Waals surface area (Å²) in [6.07, 6.45) is 3.84. The third kappa shape index (κ3) is 6.38. The third-order valence-electron chi connectivity index (χ3n) is 2.44. The van der Waals surface area contributed by atoms with E-state index in [0.717, 1.165) is 24.6 Å². The van der Waals surface area contributed by atoms with E-state index >= 15 is 0 Å². The highest BCUT2D eigenvalue weighted by Gasteiger charge is 2.01. The maximum absolute atomic E-state index is 11.6. The summed E-state index contributed by atoms with van der Waals surface area (Å²) in [5.41, 5.74) is 1.48. The van der Waals surface area contributed by atoms with Crippen molar-refractivity contribution in [1.29, 1.82) is 0 Å². The van der Waals surface area contributed by atoms with Crippen molar-refractivity contribution < 1.29 is 14.7 Å². The molecule has 0 aromatic heterocycles. The fraction of sp³-hybridized carbons (Fsp3) is 0.286. The second-order valence-corrected chi connectivity index (χ2v) is 4.05. The molecule has 0 bridgehead atoms. The topological polar surface area (TPSA) is 78.4 Å². The van der Waals surface area contributed by atoms with Crippen LogP contribution in [0.2, 0.25) is 0 Å². The van der Waals surface area contributed by atoms with Crippen LogP contribution in [0.1, 0.15) is 18.4 Å². The van der Waals surface area contributed by atoms with Gasteiger partial charge in [0.05, 0.1) is 0 Å². The van der Waals surface area contributed by atoms with Crippen LogP contribution in [0, 0.1) is 0 Å². The van der Waals surface area contributed by atoms with Gasteiger partial charge in [-0.05, 0) is 43.8 Å². The molecule has 1 aromatic carbocycles. The van der Waals surface area contributed by atoms with E-state index in [9.17, 15) is 9.59 Å². The summed E-state index contributed by atoms with van der Waals surface area (Å²) in [5, 5.41) is 14.3. The molecule has 0 saturated heterocycles. The van der Waals surface area contributed by atoms with E-state index in [4.69, 9.17) is 5.11 Å². The van der Waals surface area contributed by atoms with Crippen LogP contribution in [-0.4, -0.2) is 30.6 Å². The minimum Gasteiger partial charge on any atom is -0.478 e. The molecule has 102 valence electrons. The number of carbonyl (C=O) groups excluding carboxylic acids is 1. The average Bonchev–Trinajstić information content (AvgIpc) is 2.38. The Hall–Kier alpha value is -2.14. The standard InChI is InChI=1S/C14H18N2O3/c1-15-10-2-3-13(17)16-12-7-4-11(5-8-12)6-9-14(18)19/h4-9,15H,2-3,10H2,1H3,(H,16,17)(H,18,19)/b9-6+. The van der Waals surface area contributed by atoms with Crippen molar-refractivity contribution in [3.8, 4) is 0 Å². The molecule has 0 saturated carbocycles. The first kappa shape index (κ1) is 14.9. The molecule has 5 nitrogen and oxygen atoms in total. The molecule has 0 aliphatic heterocycles. The molecule has 1 rings (SSSR count). The number of carboxylic acid groups (broad SMARTS) is 1. The highest BCUT2D eigenvalue weighted by molar-refractivity contribution is 5.91. The fourth-order valence-corrected chi connectivity index (χ4v) is 1.49. The number of carbonyl (C=O) groups is 2. The lowest BCUT2D eigenvalue weighted by Gasteiger charge is -2.05. The summed E-state index contributed by atoms with van der Waals surface area (Å²) in [5.74, 6) is -1.01. The Bertz CT molecular complexity index is 452. The molecular formula is C14H18N2O3. The molecule has 0 heterocycles. The van der Waals surface area contributed by atoms with Gasteiger partial charge in [-0.15, -0.1) is 0 Å². The SMILES string of the molecule is CNCCCC(=O)Nc1ccc(/C=C/C(=O)O)cc1. The van der Waals surface area contributed by atoms with E-state index in [2.05, 4.69) is 10.6 Å². The summed E-state index contributed by atoms with van der Waals surface area (Å²) >= 11 is 0. The molecular weight excluding hydrogens is 244 g/mol. The lowest BCUT2D eigenvalue weighted by molar-refractivity contribution is -0.131. The number of anilines is 1. The fourth-order valence-electron chi connectivity index (χ4n) is 1.49. The van der Waals surface area contributed by atoms with E-state index < -0.39 is 5.97 Å². The first-order chi connectivity index (χ1) is 9.11. The minimum absolute atomic E-state index is 0.0240. The molecule has 0 fully saturated rings. The van der Waals surface area contributed by atoms with Crippen molar-refractivity contribution in [3.63, 3.8) is 0 Å². The number of nitrogens with one attached hydrogen (secondary N) is 2. The van der Waals surface area contributed by atoms with Gasteiger partial charge in [-0.25, -0.2) is 4.79 Å². The monoisotopic (exact) mass is 262 g/mol. The second-order valence-electron chi connectivity index (χ2n) is 4.05. The second kappa shape index (κ2) is 8.05. The molecule has 0 atom stereocenters. The molecule has 1 aromatic rings. The van der Waals surface area contributed by atoms with E-state index in [0.29, 0.717) is 12.1 Å². The van der Waals surface area contributed by atoms with E-state index in [-0.39, 0.29) is 5.91 Å². The van der Waals surface area contributed by atoms with Gasteiger partial charge < -0.3 is 15.7 Å². The van der Waals surface area contributed by atoms with Crippen molar-refractivity contribution >= 4 is 23.6 Å². The van der Waals surface area contributed by atoms with Crippen LogP contribution in [-0.2, 0) is 9.59 Å². The molecule has 3 N–H and O–H groups in total. The lowest BCUT2D eigenvalue weighted by atomic mass is 10.2. The van der Waals surface area contributed by atoms with Crippen LogP contribution < -0.4 is 10.6 Å². The van der Waals surface area contributed by atoms with E-state index in [1.165, 1.54) is 6.08 Å². The van der Waals surface area contributed by atoms with Crippen LogP contribution in [0.4, 0.5) is 5.69 Å². The molecule has 0 unspecified atom stereocenters. The average molecular weight is 262 g/mol. The molecule has 19 heavy (non-hydrogen) atoms. The van der Waals surface area contributed by atoms with Crippen LogP contribution >= 0.6 is 0 Å². The minimum atomic E-state index is -0.984. The predicted molar refractivity (Wildman–Crippen MR) is 74.9 cm³/mol. The molecule has 0 spiro atoms.